The van der Waals surface area contributed by atoms with Gasteiger partial charge in [0.2, 0.25) is 0 Å². The van der Waals surface area contributed by atoms with E-state index >= 15 is 0 Å². The fraction of sp³-hybridized carbons (Fsp3) is 0.316. The lowest BCUT2D eigenvalue weighted by Crippen LogP contribution is -2.37. The molecule has 0 saturated heterocycles. The lowest BCUT2D eigenvalue weighted by Gasteiger charge is -2.25. The highest BCUT2D eigenvalue weighted by molar-refractivity contribution is 6.07. The van der Waals surface area contributed by atoms with Crippen LogP contribution in [0, 0.1) is 13.8 Å². The molecule has 0 aliphatic carbocycles. The number of aromatic hydroxyl groups is 1. The van der Waals surface area contributed by atoms with Crippen LogP contribution in [0.25, 0.3) is 11.1 Å². The van der Waals surface area contributed by atoms with Crippen LogP contribution in [0.2, 0.25) is 0 Å². The van der Waals surface area contributed by atoms with Crippen molar-refractivity contribution in [3.63, 3.8) is 0 Å². The normalized spacial score (nSPS) is 11.6. The summed E-state index contributed by atoms with van der Waals surface area (Å²) in [6, 6.07) is 20.9. The quantitative estimate of drug-likeness (QED) is 0.130. The fourth-order valence-electron chi connectivity index (χ4n) is 5.48. The van der Waals surface area contributed by atoms with Crippen molar-refractivity contribution >= 4 is 17.8 Å². The Bertz CT molecular complexity index is 1740. The van der Waals surface area contributed by atoms with Crippen molar-refractivity contribution < 1.29 is 43.5 Å². The van der Waals surface area contributed by atoms with Crippen LogP contribution in [0.5, 0.6) is 17.2 Å². The highest BCUT2D eigenvalue weighted by atomic mass is 16.5. The maximum Gasteiger partial charge on any atom is 0.340 e. The number of nitrogens with zero attached hydrogens (tertiary/aromatic N) is 2. The van der Waals surface area contributed by atoms with Crippen LogP contribution in [-0.2, 0) is 16.0 Å². The molecule has 3 aromatic carbocycles. The number of aromatic nitrogens is 1. The topological polar surface area (TPSA) is 171 Å². The smallest absolute Gasteiger partial charge is 0.340 e. The van der Waals surface area contributed by atoms with Crippen molar-refractivity contribution in [1.29, 1.82) is 0 Å². The van der Waals surface area contributed by atoms with Gasteiger partial charge < -0.3 is 34.9 Å². The van der Waals surface area contributed by atoms with Gasteiger partial charge in [-0.15, -0.1) is 0 Å². The molecule has 1 heterocycles. The Morgan fingerprint density at radius 3 is 2.02 bits per heavy atom. The van der Waals surface area contributed by atoms with E-state index in [0.717, 1.165) is 5.56 Å². The van der Waals surface area contributed by atoms with Gasteiger partial charge in [0.15, 0.2) is 0 Å². The number of pyridine rings is 1. The summed E-state index contributed by atoms with van der Waals surface area (Å²) in [7, 11) is 0. The van der Waals surface area contributed by atoms with Crippen molar-refractivity contribution in [2.75, 3.05) is 39.5 Å². The average molecular weight is 686 g/mol. The van der Waals surface area contributed by atoms with E-state index in [1.807, 2.05) is 35.2 Å². The Morgan fingerprint density at radius 1 is 0.840 bits per heavy atom. The maximum atomic E-state index is 13.0. The first-order chi connectivity index (χ1) is 24.0. The predicted molar refractivity (Wildman–Crippen MR) is 186 cm³/mol. The Labute approximate surface area is 291 Å². The number of ether oxygens (including phenoxy) is 4. The van der Waals surface area contributed by atoms with Crippen molar-refractivity contribution in [2.24, 2.45) is 5.73 Å². The van der Waals surface area contributed by atoms with Crippen molar-refractivity contribution in [2.45, 2.75) is 40.3 Å². The predicted octanol–water partition coefficient (Wildman–Crippen LogP) is 4.84. The number of rotatable bonds is 17. The first kappa shape index (κ1) is 37.4. The molecule has 0 bridgehead atoms. The summed E-state index contributed by atoms with van der Waals surface area (Å²) >= 11 is 0. The molecule has 0 saturated carbocycles. The Hall–Kier alpha value is -5.46. The highest BCUT2D eigenvalue weighted by Crippen LogP contribution is 2.33. The van der Waals surface area contributed by atoms with Gasteiger partial charge in [0.1, 0.15) is 36.6 Å². The largest absolute Gasteiger partial charge is 0.507 e. The third-order valence-corrected chi connectivity index (χ3v) is 7.73. The van der Waals surface area contributed by atoms with Gasteiger partial charge in [0.25, 0.3) is 5.91 Å². The average Bonchev–Trinajstić information content (AvgIpc) is 3.08. The fourth-order valence-corrected chi connectivity index (χ4v) is 5.48. The number of benzene rings is 3. The molecular formula is C38H43N3O9. The molecule has 4 rings (SSSR count). The second kappa shape index (κ2) is 17.8. The minimum absolute atomic E-state index is 0.0128. The Morgan fingerprint density at radius 2 is 1.44 bits per heavy atom. The minimum atomic E-state index is -0.871. The third kappa shape index (κ3) is 9.80. The number of hydrogen-bond donors (Lipinski definition) is 3. The number of aryl methyl sites for hydroxylation is 2. The second-order valence-corrected chi connectivity index (χ2v) is 11.5. The molecular weight excluding hydrogens is 642 g/mol. The van der Waals surface area contributed by atoms with Gasteiger partial charge in [0.05, 0.1) is 41.3 Å². The lowest BCUT2D eigenvalue weighted by atomic mass is 9.92. The number of phenols is 1. The van der Waals surface area contributed by atoms with E-state index in [9.17, 15) is 24.6 Å². The molecule has 50 heavy (non-hydrogen) atoms. The second-order valence-electron chi connectivity index (χ2n) is 11.5. The molecule has 12 heteroatoms. The van der Waals surface area contributed by atoms with Crippen LogP contribution in [0.3, 0.4) is 0 Å². The van der Waals surface area contributed by atoms with Crippen molar-refractivity contribution in [3.8, 4) is 28.4 Å². The molecule has 1 aromatic heterocycles. The van der Waals surface area contributed by atoms with Crippen LogP contribution in [-0.4, -0.2) is 83.6 Å². The first-order valence-electron chi connectivity index (χ1n) is 16.3. The summed E-state index contributed by atoms with van der Waals surface area (Å²) in [5.74, 6) is -1.32. The van der Waals surface area contributed by atoms with Crippen LogP contribution in [0.1, 0.15) is 61.9 Å². The summed E-state index contributed by atoms with van der Waals surface area (Å²) in [6.45, 7) is 8.56. The number of amides is 1. The summed E-state index contributed by atoms with van der Waals surface area (Å²) < 4.78 is 22.4. The number of nitrogens with two attached hydrogens (primary N) is 1. The number of hydrogen-bond acceptors (Lipinski definition) is 11. The van der Waals surface area contributed by atoms with Crippen molar-refractivity contribution in [3.05, 3.63) is 106 Å². The monoisotopic (exact) mass is 685 g/mol. The van der Waals surface area contributed by atoms with Crippen LogP contribution < -0.4 is 15.2 Å². The molecule has 0 radical (unpaired) electrons. The minimum Gasteiger partial charge on any atom is -0.507 e. The van der Waals surface area contributed by atoms with E-state index < -0.39 is 23.9 Å². The standard InChI is InChI=1S/C38H43N3O9/c1-5-47-37(45)33-24(3)40-25(4)34(38(46)48-6-2)35(33)27-12-14-29(15-13-27)50-23-28(42)22-41(21-26-10-8-7-9-11-26)18-19-49-30-16-17-32(43)31(20-30)36(39)44/h7-17,20,28,42-43H,5-6,18-19,21-23H2,1-4H3,(H2,39,44). The third-order valence-electron chi connectivity index (χ3n) is 7.73. The van der Waals surface area contributed by atoms with E-state index in [-0.39, 0.29) is 55.4 Å². The number of aliphatic hydroxyl groups excluding tert-OH is 1. The van der Waals surface area contributed by atoms with E-state index in [1.165, 1.54) is 12.1 Å². The molecule has 0 aliphatic rings. The Balaban J connectivity index is 1.46. The molecule has 4 N–H and O–H groups in total. The Kier molecular flexibility index (Phi) is 13.3. The maximum absolute atomic E-state index is 13.0. The van der Waals surface area contributed by atoms with Gasteiger partial charge >= 0.3 is 11.9 Å². The zero-order valence-electron chi connectivity index (χ0n) is 28.7. The van der Waals surface area contributed by atoms with E-state index in [1.54, 1.807) is 58.0 Å². The summed E-state index contributed by atoms with van der Waals surface area (Å²) in [5, 5.41) is 20.9. The molecule has 4 aromatic rings. The van der Waals surface area contributed by atoms with Gasteiger partial charge in [-0.25, -0.2) is 9.59 Å². The number of aliphatic hydroxyl groups is 1. The summed E-state index contributed by atoms with van der Waals surface area (Å²) in [5.41, 5.74) is 8.51. The number of carbonyl (C=O) groups excluding carboxylic acids is 3. The van der Waals surface area contributed by atoms with Gasteiger partial charge in [0, 0.05) is 25.2 Å². The molecule has 12 nitrogen and oxygen atoms in total. The molecule has 1 amide bonds. The zero-order chi connectivity index (χ0) is 36.2. The molecule has 1 unspecified atom stereocenters. The number of carbonyl (C=O) groups is 3. The molecule has 1 atom stereocenters. The SMILES string of the molecule is CCOC(=O)c1c(C)nc(C)c(C(=O)OCC)c1-c1ccc(OCC(O)CN(CCOc2ccc(O)c(C(N)=O)c2)Cc2ccccc2)cc1. The van der Waals surface area contributed by atoms with Crippen molar-refractivity contribution in [1.82, 2.24) is 9.88 Å². The van der Waals surface area contributed by atoms with Crippen LogP contribution >= 0.6 is 0 Å². The molecule has 0 fully saturated rings. The summed E-state index contributed by atoms with van der Waals surface area (Å²) in [6.07, 6.45) is -0.871. The van der Waals surface area contributed by atoms with Crippen LogP contribution in [0.15, 0.2) is 72.8 Å². The van der Waals surface area contributed by atoms with Gasteiger partial charge in [-0.05, 0) is 69.2 Å². The number of primary amides is 1. The van der Waals surface area contributed by atoms with E-state index in [0.29, 0.717) is 47.1 Å². The lowest BCUT2D eigenvalue weighted by molar-refractivity contribution is 0.0524. The number of esters is 2. The molecule has 0 spiro atoms. The highest BCUT2D eigenvalue weighted by Gasteiger charge is 2.28. The molecule has 264 valence electrons. The first-order valence-corrected chi connectivity index (χ1v) is 16.3. The van der Waals surface area contributed by atoms with E-state index in [4.69, 9.17) is 24.7 Å². The van der Waals surface area contributed by atoms with Gasteiger partial charge in [-0.1, -0.05) is 42.5 Å². The van der Waals surface area contributed by atoms with Gasteiger partial charge in [-0.2, -0.15) is 0 Å². The zero-order valence-corrected chi connectivity index (χ0v) is 28.7. The van der Waals surface area contributed by atoms with Crippen LogP contribution in [0.4, 0.5) is 0 Å². The molecule has 0 aliphatic heterocycles. The van der Waals surface area contributed by atoms with E-state index in [2.05, 4.69) is 4.98 Å². The van der Waals surface area contributed by atoms with Gasteiger partial charge in [-0.3, -0.25) is 14.7 Å². The summed E-state index contributed by atoms with van der Waals surface area (Å²) in [4.78, 5) is 44.1.